The number of aliphatic hydroxyl groups excluding tert-OH is 2. The predicted octanol–water partition coefficient (Wildman–Crippen LogP) is 2.57. The maximum atomic E-state index is 12.4. The molecule has 1 aromatic rings. The van der Waals surface area contributed by atoms with E-state index in [1.165, 1.54) is 6.08 Å². The van der Waals surface area contributed by atoms with E-state index in [9.17, 15) is 20.1 Å². The summed E-state index contributed by atoms with van der Waals surface area (Å²) in [6.07, 6.45) is 3.29. The molecule has 98 valence electrons. The van der Waals surface area contributed by atoms with Crippen molar-refractivity contribution in [1.82, 2.24) is 0 Å². The van der Waals surface area contributed by atoms with Gasteiger partial charge in [-0.2, -0.15) is 0 Å². The molecule has 0 heterocycles. The van der Waals surface area contributed by atoms with Crippen LogP contribution in [0.3, 0.4) is 0 Å². The lowest BCUT2D eigenvalue weighted by Gasteiger charge is -2.32. The van der Waals surface area contributed by atoms with Gasteiger partial charge in [0.15, 0.2) is 5.78 Å². The molecule has 4 nitrogen and oxygen atoms in total. The van der Waals surface area contributed by atoms with Gasteiger partial charge in [0.25, 0.3) is 0 Å². The van der Waals surface area contributed by atoms with Crippen LogP contribution in [0.15, 0.2) is 35.8 Å². The van der Waals surface area contributed by atoms with Crippen LogP contribution < -0.4 is 0 Å². The number of phenolic OH excluding ortho intramolecular Hbond substituents is 1. The van der Waals surface area contributed by atoms with Crippen LogP contribution in [-0.2, 0) is 6.42 Å². The maximum absolute atomic E-state index is 12.4. The highest BCUT2D eigenvalue weighted by Gasteiger charge is 2.40. The maximum Gasteiger partial charge on any atom is 0.178 e. The van der Waals surface area contributed by atoms with E-state index in [1.807, 2.05) is 13.0 Å². The van der Waals surface area contributed by atoms with Gasteiger partial charge in [0.1, 0.15) is 17.3 Å². The first-order valence-corrected chi connectivity index (χ1v) is 6.15. The molecule has 0 aromatic heterocycles. The minimum Gasteiger partial charge on any atom is -0.511 e. The number of fused-ring (bicyclic) bond motifs is 2. The van der Waals surface area contributed by atoms with Crippen molar-refractivity contribution in [1.29, 1.82) is 0 Å². The van der Waals surface area contributed by atoms with E-state index < -0.39 is 5.92 Å². The Bertz CT molecular complexity index is 640. The minimum absolute atomic E-state index is 0.0214. The number of Topliss-reactive ketones (excluding diaryl/α,β-unsaturated/α-hetero) is 1. The number of hydrogen-bond acceptors (Lipinski definition) is 4. The van der Waals surface area contributed by atoms with E-state index in [2.05, 4.69) is 0 Å². The standard InChI is InChI=1S/C15H14O4/c1-7-2-8-4-9-5-10(16)6-12(18)14(9)15(19)13(8)11(17)3-7/h2-3,5-6,9,14,16-18H,4H2,1H3. The number of phenols is 1. The van der Waals surface area contributed by atoms with Crippen LogP contribution in [-0.4, -0.2) is 21.1 Å². The zero-order valence-corrected chi connectivity index (χ0v) is 10.4. The van der Waals surface area contributed by atoms with Crippen molar-refractivity contribution in [2.45, 2.75) is 13.3 Å². The summed E-state index contributed by atoms with van der Waals surface area (Å²) in [5, 5.41) is 29.3. The smallest absolute Gasteiger partial charge is 0.178 e. The van der Waals surface area contributed by atoms with E-state index in [0.29, 0.717) is 12.0 Å². The van der Waals surface area contributed by atoms with Gasteiger partial charge in [-0.15, -0.1) is 0 Å². The topological polar surface area (TPSA) is 77.8 Å². The van der Waals surface area contributed by atoms with Crippen LogP contribution in [0.25, 0.3) is 0 Å². The van der Waals surface area contributed by atoms with E-state index in [4.69, 9.17) is 0 Å². The van der Waals surface area contributed by atoms with Crippen LogP contribution in [0.2, 0.25) is 0 Å². The first-order chi connectivity index (χ1) is 8.97. The normalized spacial score (nSPS) is 25.2. The SMILES string of the molecule is Cc1cc(O)c2c(c1)CC1C=C(O)C=C(O)C1C2=O. The van der Waals surface area contributed by atoms with Crippen molar-refractivity contribution < 1.29 is 20.1 Å². The second-order valence-electron chi connectivity index (χ2n) is 5.19. The molecule has 2 aliphatic carbocycles. The quantitative estimate of drug-likeness (QED) is 0.668. The summed E-state index contributed by atoms with van der Waals surface area (Å²) in [6, 6.07) is 3.41. The molecule has 0 fully saturated rings. The minimum atomic E-state index is -0.697. The Morgan fingerprint density at radius 2 is 1.95 bits per heavy atom. The molecular formula is C15H14O4. The highest BCUT2D eigenvalue weighted by molar-refractivity contribution is 6.04. The van der Waals surface area contributed by atoms with Crippen LogP contribution in [0.5, 0.6) is 5.75 Å². The molecule has 3 rings (SSSR count). The summed E-state index contributed by atoms with van der Waals surface area (Å²) < 4.78 is 0. The molecular weight excluding hydrogens is 244 g/mol. The molecule has 0 aliphatic heterocycles. The number of hydrogen-bond donors (Lipinski definition) is 3. The van der Waals surface area contributed by atoms with E-state index in [-0.39, 0.29) is 29.0 Å². The Labute approximate surface area is 110 Å². The third-order valence-electron chi connectivity index (χ3n) is 3.76. The number of allylic oxidation sites excluding steroid dienone is 3. The molecule has 2 unspecified atom stereocenters. The number of aromatic hydroxyl groups is 1. The van der Waals surface area contributed by atoms with Crippen molar-refractivity contribution >= 4 is 5.78 Å². The Kier molecular flexibility index (Phi) is 2.42. The first kappa shape index (κ1) is 11.8. The second kappa shape index (κ2) is 3.88. The fourth-order valence-electron chi connectivity index (χ4n) is 3.03. The van der Waals surface area contributed by atoms with Gasteiger partial charge in [-0.05, 0) is 36.6 Å². The molecule has 0 radical (unpaired) electrons. The van der Waals surface area contributed by atoms with E-state index in [0.717, 1.165) is 11.1 Å². The third kappa shape index (κ3) is 1.71. The fraction of sp³-hybridized carbons (Fsp3) is 0.267. The van der Waals surface area contributed by atoms with Crippen molar-refractivity contribution in [2.75, 3.05) is 0 Å². The van der Waals surface area contributed by atoms with Gasteiger partial charge in [0, 0.05) is 12.0 Å². The largest absolute Gasteiger partial charge is 0.511 e. The number of aliphatic hydroxyl groups is 2. The highest BCUT2D eigenvalue weighted by Crippen LogP contribution is 2.41. The number of rotatable bonds is 0. The molecule has 0 spiro atoms. The van der Waals surface area contributed by atoms with Crippen molar-refractivity contribution in [3.05, 3.63) is 52.5 Å². The lowest BCUT2D eigenvalue weighted by atomic mass is 9.71. The summed E-state index contributed by atoms with van der Waals surface area (Å²) in [7, 11) is 0. The molecule has 0 saturated heterocycles. The number of carbonyl (C=O) groups excluding carboxylic acids is 1. The van der Waals surface area contributed by atoms with Crippen LogP contribution in [0.1, 0.15) is 21.5 Å². The molecule has 0 saturated carbocycles. The summed E-state index contributed by atoms with van der Waals surface area (Å²) in [5.74, 6) is -1.44. The lowest BCUT2D eigenvalue weighted by Crippen LogP contribution is -2.34. The van der Waals surface area contributed by atoms with Gasteiger partial charge < -0.3 is 15.3 Å². The molecule has 4 heteroatoms. The highest BCUT2D eigenvalue weighted by atomic mass is 16.3. The third-order valence-corrected chi connectivity index (χ3v) is 3.76. The molecule has 0 bridgehead atoms. The monoisotopic (exact) mass is 258 g/mol. The van der Waals surface area contributed by atoms with E-state index >= 15 is 0 Å². The molecule has 3 N–H and O–H groups in total. The Morgan fingerprint density at radius 1 is 1.21 bits per heavy atom. The van der Waals surface area contributed by atoms with Gasteiger partial charge in [0.2, 0.25) is 0 Å². The van der Waals surface area contributed by atoms with Crippen molar-refractivity contribution in [3.8, 4) is 5.75 Å². The van der Waals surface area contributed by atoms with Gasteiger partial charge in [0.05, 0.1) is 11.5 Å². The first-order valence-electron chi connectivity index (χ1n) is 6.15. The summed E-state index contributed by atoms with van der Waals surface area (Å²) in [6.45, 7) is 1.85. The summed E-state index contributed by atoms with van der Waals surface area (Å²) in [5.41, 5.74) is 1.94. The lowest BCUT2D eigenvalue weighted by molar-refractivity contribution is 0.0855. The molecule has 2 aliphatic rings. The number of benzene rings is 1. The van der Waals surface area contributed by atoms with Crippen molar-refractivity contribution in [2.24, 2.45) is 11.8 Å². The summed E-state index contributed by atoms with van der Waals surface area (Å²) in [4.78, 5) is 12.4. The molecule has 1 aromatic carbocycles. The van der Waals surface area contributed by atoms with Gasteiger partial charge >= 0.3 is 0 Å². The Balaban J connectivity index is 2.16. The van der Waals surface area contributed by atoms with Gasteiger partial charge in [-0.1, -0.05) is 6.07 Å². The fourth-order valence-corrected chi connectivity index (χ4v) is 3.03. The summed E-state index contributed by atoms with van der Waals surface area (Å²) >= 11 is 0. The Hall–Kier alpha value is -2.23. The number of ketones is 1. The van der Waals surface area contributed by atoms with Crippen LogP contribution in [0.4, 0.5) is 0 Å². The second-order valence-corrected chi connectivity index (χ2v) is 5.19. The number of carbonyl (C=O) groups is 1. The predicted molar refractivity (Wildman–Crippen MR) is 69.3 cm³/mol. The number of aryl methyl sites for hydroxylation is 1. The van der Waals surface area contributed by atoms with Crippen LogP contribution >= 0.6 is 0 Å². The molecule has 0 amide bonds. The van der Waals surface area contributed by atoms with Crippen LogP contribution in [0, 0.1) is 18.8 Å². The van der Waals surface area contributed by atoms with Gasteiger partial charge in [-0.25, -0.2) is 0 Å². The van der Waals surface area contributed by atoms with Crippen molar-refractivity contribution in [3.63, 3.8) is 0 Å². The zero-order chi connectivity index (χ0) is 13.7. The molecule has 19 heavy (non-hydrogen) atoms. The average Bonchev–Trinajstić information content (AvgIpc) is 2.25. The van der Waals surface area contributed by atoms with Gasteiger partial charge in [-0.3, -0.25) is 4.79 Å². The zero-order valence-electron chi connectivity index (χ0n) is 10.4. The molecule has 2 atom stereocenters. The Morgan fingerprint density at radius 3 is 2.68 bits per heavy atom. The van der Waals surface area contributed by atoms with E-state index in [1.54, 1.807) is 12.1 Å². The average molecular weight is 258 g/mol.